The molecule has 1 nitrogen and oxygen atoms in total. The van der Waals surface area contributed by atoms with Crippen LogP contribution in [0.5, 0.6) is 0 Å². The van der Waals surface area contributed by atoms with Gasteiger partial charge in [0.2, 0.25) is 0 Å². The van der Waals surface area contributed by atoms with E-state index in [1.807, 2.05) is 0 Å². The van der Waals surface area contributed by atoms with Crippen molar-refractivity contribution in [3.63, 3.8) is 0 Å². The highest BCUT2D eigenvalue weighted by atomic mass is 32.2. The third kappa shape index (κ3) is 4.02. The van der Waals surface area contributed by atoms with Crippen molar-refractivity contribution in [2.75, 3.05) is 19.0 Å². The zero-order valence-corrected chi connectivity index (χ0v) is 8.32. The van der Waals surface area contributed by atoms with E-state index in [-0.39, 0.29) is 0 Å². The second-order valence-electron chi connectivity index (χ2n) is 3.57. The Bertz CT molecular complexity index is 97.7. The monoisotopic (exact) mass is 174 g/mol. The van der Waals surface area contributed by atoms with Crippen LogP contribution in [0.2, 0.25) is 0 Å². The maximum Gasteiger partial charge on any atom is 0.0585 e. The van der Waals surface area contributed by atoms with Gasteiger partial charge in [-0.15, -0.1) is 0 Å². The average molecular weight is 174 g/mol. The summed E-state index contributed by atoms with van der Waals surface area (Å²) in [6, 6.07) is 0. The molecule has 1 saturated heterocycles. The Balaban J connectivity index is 2.05. The van der Waals surface area contributed by atoms with Gasteiger partial charge in [-0.1, -0.05) is 13.8 Å². The first-order valence-electron chi connectivity index (χ1n) is 4.48. The molecule has 1 aliphatic heterocycles. The second-order valence-corrected chi connectivity index (χ2v) is 4.90. The van der Waals surface area contributed by atoms with Crippen LogP contribution in [-0.4, -0.2) is 24.2 Å². The summed E-state index contributed by atoms with van der Waals surface area (Å²) < 4.78 is 5.39. The van der Waals surface area contributed by atoms with Gasteiger partial charge in [0, 0.05) is 11.9 Å². The van der Waals surface area contributed by atoms with Crippen molar-refractivity contribution in [3.05, 3.63) is 0 Å². The molecule has 1 atom stereocenters. The van der Waals surface area contributed by atoms with Crippen LogP contribution in [0, 0.1) is 5.92 Å². The Hall–Kier alpha value is 0.310. The molecule has 0 aliphatic carbocycles. The smallest absolute Gasteiger partial charge is 0.0585 e. The summed E-state index contributed by atoms with van der Waals surface area (Å²) >= 11 is 2.08. The van der Waals surface area contributed by atoms with E-state index in [1.165, 1.54) is 18.6 Å². The Morgan fingerprint density at radius 2 is 2.36 bits per heavy atom. The molecule has 0 aromatic carbocycles. The van der Waals surface area contributed by atoms with Crippen molar-refractivity contribution in [2.24, 2.45) is 5.92 Å². The summed E-state index contributed by atoms with van der Waals surface area (Å²) in [5.74, 6) is 2.11. The van der Waals surface area contributed by atoms with Gasteiger partial charge in [0.15, 0.2) is 0 Å². The second kappa shape index (κ2) is 5.04. The minimum Gasteiger partial charge on any atom is -0.380 e. The summed E-state index contributed by atoms with van der Waals surface area (Å²) in [7, 11) is 0. The van der Waals surface area contributed by atoms with E-state index >= 15 is 0 Å². The Morgan fingerprint density at radius 3 is 2.91 bits per heavy atom. The predicted molar refractivity (Wildman–Crippen MR) is 51.1 cm³/mol. The molecule has 0 amide bonds. The van der Waals surface area contributed by atoms with Crippen LogP contribution in [-0.2, 0) is 4.74 Å². The van der Waals surface area contributed by atoms with Gasteiger partial charge in [0.1, 0.15) is 0 Å². The van der Waals surface area contributed by atoms with Crippen LogP contribution in [0.15, 0.2) is 0 Å². The maximum atomic E-state index is 5.39. The third-order valence-electron chi connectivity index (χ3n) is 1.78. The van der Waals surface area contributed by atoms with E-state index in [4.69, 9.17) is 4.74 Å². The molecule has 0 spiro atoms. The minimum atomic E-state index is 0.783. The van der Waals surface area contributed by atoms with E-state index < -0.39 is 0 Å². The van der Waals surface area contributed by atoms with Gasteiger partial charge in [-0.2, -0.15) is 11.8 Å². The molecule has 1 heterocycles. The van der Waals surface area contributed by atoms with Crippen molar-refractivity contribution < 1.29 is 4.74 Å². The molecule has 0 saturated carbocycles. The van der Waals surface area contributed by atoms with Gasteiger partial charge in [0.05, 0.1) is 6.61 Å². The molecule has 1 unspecified atom stereocenters. The molecule has 0 aromatic heterocycles. The lowest BCUT2D eigenvalue weighted by Gasteiger charge is -2.22. The summed E-state index contributed by atoms with van der Waals surface area (Å²) in [4.78, 5) is 0. The fraction of sp³-hybridized carbons (Fsp3) is 1.00. The fourth-order valence-electron chi connectivity index (χ4n) is 1.17. The van der Waals surface area contributed by atoms with Crippen LogP contribution in [0.1, 0.15) is 26.7 Å². The number of thioether (sulfide) groups is 1. The molecular weight excluding hydrogens is 156 g/mol. The number of hydrogen-bond acceptors (Lipinski definition) is 2. The quantitative estimate of drug-likeness (QED) is 0.650. The molecule has 0 bridgehead atoms. The van der Waals surface area contributed by atoms with E-state index in [0.717, 1.165) is 24.4 Å². The van der Waals surface area contributed by atoms with Crippen molar-refractivity contribution in [2.45, 2.75) is 31.9 Å². The van der Waals surface area contributed by atoms with E-state index in [2.05, 4.69) is 25.6 Å². The number of rotatable bonds is 3. The molecule has 1 rings (SSSR count). The van der Waals surface area contributed by atoms with Gasteiger partial charge in [-0.25, -0.2) is 0 Å². The zero-order chi connectivity index (χ0) is 8.10. The molecule has 1 fully saturated rings. The molecule has 0 radical (unpaired) electrons. The molecule has 0 N–H and O–H groups in total. The summed E-state index contributed by atoms with van der Waals surface area (Å²) in [5, 5.41) is 0.783. The van der Waals surface area contributed by atoms with Crippen molar-refractivity contribution >= 4 is 11.8 Å². The van der Waals surface area contributed by atoms with Gasteiger partial charge in [0.25, 0.3) is 0 Å². The molecule has 0 aromatic rings. The third-order valence-corrected chi connectivity index (χ3v) is 3.49. The summed E-state index contributed by atoms with van der Waals surface area (Å²) in [6.07, 6.45) is 2.62. The van der Waals surface area contributed by atoms with Crippen molar-refractivity contribution in [3.8, 4) is 0 Å². The largest absolute Gasteiger partial charge is 0.380 e. The first-order chi connectivity index (χ1) is 5.29. The van der Waals surface area contributed by atoms with Crippen LogP contribution in [0.3, 0.4) is 0 Å². The SMILES string of the molecule is CC(C)CSC1CCCOC1. The van der Waals surface area contributed by atoms with E-state index in [1.54, 1.807) is 0 Å². The molecular formula is C9H18OS. The molecule has 2 heteroatoms. The topological polar surface area (TPSA) is 9.23 Å². The normalized spacial score (nSPS) is 25.9. The Labute approximate surface area is 73.9 Å². The standard InChI is InChI=1S/C9H18OS/c1-8(2)7-11-9-4-3-5-10-6-9/h8-9H,3-7H2,1-2H3. The molecule has 66 valence electrons. The van der Waals surface area contributed by atoms with E-state index in [0.29, 0.717) is 0 Å². The maximum absolute atomic E-state index is 5.39. The van der Waals surface area contributed by atoms with Gasteiger partial charge >= 0.3 is 0 Å². The Kier molecular flexibility index (Phi) is 4.31. The van der Waals surface area contributed by atoms with Crippen LogP contribution in [0.4, 0.5) is 0 Å². The van der Waals surface area contributed by atoms with E-state index in [9.17, 15) is 0 Å². The highest BCUT2D eigenvalue weighted by molar-refractivity contribution is 7.99. The Morgan fingerprint density at radius 1 is 1.55 bits per heavy atom. The van der Waals surface area contributed by atoms with Gasteiger partial charge in [-0.3, -0.25) is 0 Å². The van der Waals surface area contributed by atoms with Gasteiger partial charge < -0.3 is 4.74 Å². The van der Waals surface area contributed by atoms with Crippen molar-refractivity contribution in [1.82, 2.24) is 0 Å². The number of hydrogen-bond donors (Lipinski definition) is 0. The van der Waals surface area contributed by atoms with Crippen molar-refractivity contribution in [1.29, 1.82) is 0 Å². The lowest BCUT2D eigenvalue weighted by Crippen LogP contribution is -2.20. The van der Waals surface area contributed by atoms with Crippen LogP contribution in [0.25, 0.3) is 0 Å². The fourth-order valence-corrected chi connectivity index (χ4v) is 2.35. The average Bonchev–Trinajstić information content (AvgIpc) is 2.03. The van der Waals surface area contributed by atoms with Crippen LogP contribution >= 0.6 is 11.8 Å². The minimum absolute atomic E-state index is 0.783. The summed E-state index contributed by atoms with van der Waals surface area (Å²) in [5.41, 5.74) is 0. The lowest BCUT2D eigenvalue weighted by molar-refractivity contribution is 0.101. The molecule has 11 heavy (non-hydrogen) atoms. The first-order valence-corrected chi connectivity index (χ1v) is 5.53. The predicted octanol–water partition coefficient (Wildman–Crippen LogP) is 2.55. The molecule has 1 aliphatic rings. The first kappa shape index (κ1) is 9.40. The lowest BCUT2D eigenvalue weighted by atomic mass is 10.2. The van der Waals surface area contributed by atoms with Gasteiger partial charge in [-0.05, 0) is 24.5 Å². The zero-order valence-electron chi connectivity index (χ0n) is 7.51. The van der Waals surface area contributed by atoms with Crippen LogP contribution < -0.4 is 0 Å². The number of ether oxygens (including phenoxy) is 1. The summed E-state index contributed by atoms with van der Waals surface area (Å²) in [6.45, 7) is 6.52. The highest BCUT2D eigenvalue weighted by Gasteiger charge is 2.13. The highest BCUT2D eigenvalue weighted by Crippen LogP contribution is 2.22.